The molecule has 0 heterocycles. The molecule has 0 aliphatic rings. The van der Waals surface area contributed by atoms with E-state index < -0.39 is 6.43 Å². The molecule has 0 aliphatic carbocycles. The Bertz CT molecular complexity index is 569. The van der Waals surface area contributed by atoms with Gasteiger partial charge in [-0.15, -0.1) is 0 Å². The smallest absolute Gasteiger partial charge is 0.263 e. The monoisotopic (exact) mass is 291 g/mol. The van der Waals surface area contributed by atoms with Crippen LogP contribution in [0.1, 0.15) is 36.1 Å². The summed E-state index contributed by atoms with van der Waals surface area (Å²) in [6.45, 7) is 2.68. The van der Waals surface area contributed by atoms with Crippen molar-refractivity contribution in [3.05, 3.63) is 65.2 Å². The first-order valence-electron chi connectivity index (χ1n) is 6.84. The quantitative estimate of drug-likeness (QED) is 0.847. The molecule has 1 atom stereocenters. The second kappa shape index (κ2) is 7.18. The number of rotatable bonds is 6. The van der Waals surface area contributed by atoms with Crippen molar-refractivity contribution in [2.75, 3.05) is 7.11 Å². The van der Waals surface area contributed by atoms with E-state index in [0.29, 0.717) is 6.54 Å². The van der Waals surface area contributed by atoms with E-state index in [1.165, 1.54) is 12.1 Å². The second-order valence-corrected chi connectivity index (χ2v) is 4.92. The minimum Gasteiger partial charge on any atom is -0.497 e. The Labute approximate surface area is 123 Å². The van der Waals surface area contributed by atoms with Crippen LogP contribution in [-0.4, -0.2) is 7.11 Å². The van der Waals surface area contributed by atoms with E-state index >= 15 is 0 Å². The van der Waals surface area contributed by atoms with Crippen LogP contribution in [-0.2, 0) is 6.54 Å². The Morgan fingerprint density at radius 2 is 1.76 bits per heavy atom. The first kappa shape index (κ1) is 15.4. The zero-order valence-electron chi connectivity index (χ0n) is 12.1. The normalized spacial score (nSPS) is 12.4. The number of benzene rings is 2. The zero-order valence-corrected chi connectivity index (χ0v) is 12.1. The molecule has 2 aromatic rings. The fraction of sp³-hybridized carbons (Fsp3) is 0.294. The van der Waals surface area contributed by atoms with E-state index in [9.17, 15) is 8.78 Å². The third-order valence-corrected chi connectivity index (χ3v) is 3.44. The van der Waals surface area contributed by atoms with Crippen molar-refractivity contribution in [3.63, 3.8) is 0 Å². The molecule has 112 valence electrons. The van der Waals surface area contributed by atoms with E-state index in [2.05, 4.69) is 12.2 Å². The van der Waals surface area contributed by atoms with Crippen molar-refractivity contribution in [1.82, 2.24) is 5.32 Å². The Kier molecular flexibility index (Phi) is 5.28. The summed E-state index contributed by atoms with van der Waals surface area (Å²) in [7, 11) is 1.64. The third kappa shape index (κ3) is 4.26. The van der Waals surface area contributed by atoms with Crippen LogP contribution < -0.4 is 10.1 Å². The van der Waals surface area contributed by atoms with Crippen LogP contribution in [0.5, 0.6) is 5.75 Å². The van der Waals surface area contributed by atoms with E-state index in [4.69, 9.17) is 4.74 Å². The lowest BCUT2D eigenvalue weighted by Gasteiger charge is -2.15. The highest BCUT2D eigenvalue weighted by Gasteiger charge is 2.08. The van der Waals surface area contributed by atoms with Gasteiger partial charge in [-0.05, 0) is 30.2 Å². The Morgan fingerprint density at radius 3 is 2.38 bits per heavy atom. The molecule has 0 fully saturated rings. The summed E-state index contributed by atoms with van der Waals surface area (Å²) in [4.78, 5) is 0. The van der Waals surface area contributed by atoms with Gasteiger partial charge in [-0.3, -0.25) is 0 Å². The van der Waals surface area contributed by atoms with Crippen molar-refractivity contribution in [3.8, 4) is 5.75 Å². The van der Waals surface area contributed by atoms with Crippen LogP contribution in [0.25, 0.3) is 0 Å². The fourth-order valence-electron chi connectivity index (χ4n) is 2.08. The predicted molar refractivity (Wildman–Crippen MR) is 79.6 cm³/mol. The molecule has 2 aromatic carbocycles. The number of nitrogens with one attached hydrogen (secondary N) is 1. The van der Waals surface area contributed by atoms with Gasteiger partial charge in [-0.1, -0.05) is 36.4 Å². The molecule has 2 rings (SSSR count). The lowest BCUT2D eigenvalue weighted by atomic mass is 10.1. The number of methoxy groups -OCH3 is 1. The number of hydrogen-bond donors (Lipinski definition) is 1. The van der Waals surface area contributed by atoms with Crippen LogP contribution >= 0.6 is 0 Å². The van der Waals surface area contributed by atoms with Crippen LogP contribution in [0.3, 0.4) is 0 Å². The van der Waals surface area contributed by atoms with E-state index in [-0.39, 0.29) is 11.6 Å². The molecule has 0 amide bonds. The van der Waals surface area contributed by atoms with E-state index in [0.717, 1.165) is 16.9 Å². The van der Waals surface area contributed by atoms with Crippen molar-refractivity contribution >= 4 is 0 Å². The molecule has 2 nitrogen and oxygen atoms in total. The van der Waals surface area contributed by atoms with Crippen LogP contribution in [0, 0.1) is 0 Å². The molecule has 0 unspecified atom stereocenters. The number of alkyl halides is 2. The summed E-state index contributed by atoms with van der Waals surface area (Å²) in [5.74, 6) is 0.822. The minimum atomic E-state index is -2.41. The minimum absolute atomic E-state index is 0.0552. The van der Waals surface area contributed by atoms with Gasteiger partial charge in [0.05, 0.1) is 7.11 Å². The predicted octanol–water partition coefficient (Wildman–Crippen LogP) is 4.48. The SMILES string of the molecule is COc1cccc([C@H](C)NCc2ccc(C(F)F)cc2)c1. The summed E-state index contributed by atoms with van der Waals surface area (Å²) in [6.07, 6.45) is -2.41. The van der Waals surface area contributed by atoms with Gasteiger partial charge in [0.25, 0.3) is 6.43 Å². The molecule has 0 spiro atoms. The lowest BCUT2D eigenvalue weighted by Crippen LogP contribution is -2.18. The van der Waals surface area contributed by atoms with Crippen molar-refractivity contribution < 1.29 is 13.5 Å². The molecule has 0 saturated heterocycles. The van der Waals surface area contributed by atoms with Crippen LogP contribution in [0.4, 0.5) is 8.78 Å². The molecular weight excluding hydrogens is 272 g/mol. The maximum atomic E-state index is 12.5. The average Bonchev–Trinajstić information content (AvgIpc) is 2.53. The van der Waals surface area contributed by atoms with Crippen molar-refractivity contribution in [2.45, 2.75) is 25.9 Å². The summed E-state index contributed by atoms with van der Waals surface area (Å²) in [5, 5.41) is 3.37. The topological polar surface area (TPSA) is 21.3 Å². The van der Waals surface area contributed by atoms with E-state index in [1.54, 1.807) is 19.2 Å². The molecule has 4 heteroatoms. The molecule has 0 saturated carbocycles. The van der Waals surface area contributed by atoms with Gasteiger partial charge < -0.3 is 10.1 Å². The Morgan fingerprint density at radius 1 is 1.05 bits per heavy atom. The summed E-state index contributed by atoms with van der Waals surface area (Å²) >= 11 is 0. The highest BCUT2D eigenvalue weighted by molar-refractivity contribution is 5.30. The lowest BCUT2D eigenvalue weighted by molar-refractivity contribution is 0.151. The molecule has 21 heavy (non-hydrogen) atoms. The van der Waals surface area contributed by atoms with Gasteiger partial charge in [0.2, 0.25) is 0 Å². The standard InChI is InChI=1S/C17H19F2NO/c1-12(15-4-3-5-16(10-15)21-2)20-11-13-6-8-14(9-7-13)17(18)19/h3-10,12,17,20H,11H2,1-2H3/t12-/m0/s1. The van der Waals surface area contributed by atoms with Crippen LogP contribution in [0.2, 0.25) is 0 Å². The molecule has 0 bridgehead atoms. The first-order valence-corrected chi connectivity index (χ1v) is 6.84. The van der Waals surface area contributed by atoms with Gasteiger partial charge in [-0.2, -0.15) is 0 Å². The summed E-state index contributed by atoms with van der Waals surface area (Å²) in [6, 6.07) is 14.4. The highest BCUT2D eigenvalue weighted by atomic mass is 19.3. The third-order valence-electron chi connectivity index (χ3n) is 3.44. The maximum absolute atomic E-state index is 12.5. The molecule has 0 aromatic heterocycles. The largest absolute Gasteiger partial charge is 0.497 e. The summed E-state index contributed by atoms with van der Waals surface area (Å²) in [5.41, 5.74) is 2.16. The van der Waals surface area contributed by atoms with Crippen LogP contribution in [0.15, 0.2) is 48.5 Å². The number of ether oxygens (including phenoxy) is 1. The van der Waals surface area contributed by atoms with Gasteiger partial charge in [0, 0.05) is 18.2 Å². The second-order valence-electron chi connectivity index (χ2n) is 4.92. The van der Waals surface area contributed by atoms with Gasteiger partial charge in [0.1, 0.15) is 5.75 Å². The molecule has 0 radical (unpaired) electrons. The Balaban J connectivity index is 1.95. The van der Waals surface area contributed by atoms with Gasteiger partial charge in [-0.25, -0.2) is 8.78 Å². The molecule has 1 N–H and O–H groups in total. The Hall–Kier alpha value is -1.94. The highest BCUT2D eigenvalue weighted by Crippen LogP contribution is 2.20. The molecule has 0 aliphatic heterocycles. The van der Waals surface area contributed by atoms with E-state index in [1.807, 2.05) is 24.3 Å². The fourth-order valence-corrected chi connectivity index (χ4v) is 2.08. The number of hydrogen-bond acceptors (Lipinski definition) is 2. The zero-order chi connectivity index (χ0) is 15.2. The maximum Gasteiger partial charge on any atom is 0.263 e. The van der Waals surface area contributed by atoms with Crippen molar-refractivity contribution in [2.24, 2.45) is 0 Å². The van der Waals surface area contributed by atoms with Gasteiger partial charge >= 0.3 is 0 Å². The summed E-state index contributed by atoms with van der Waals surface area (Å²) < 4.78 is 30.2. The molecular formula is C17H19F2NO. The van der Waals surface area contributed by atoms with Crippen molar-refractivity contribution in [1.29, 1.82) is 0 Å². The average molecular weight is 291 g/mol. The number of halogens is 2. The first-order chi connectivity index (χ1) is 10.1. The van der Waals surface area contributed by atoms with Gasteiger partial charge in [0.15, 0.2) is 0 Å².